The predicted molar refractivity (Wildman–Crippen MR) is 122 cm³/mol. The second-order valence-electron chi connectivity index (χ2n) is 6.71. The second kappa shape index (κ2) is 11.7. The molecule has 3 rings (SSSR count). The molecular formula is C20H29IN6O. The highest BCUT2D eigenvalue weighted by atomic mass is 127. The van der Waals surface area contributed by atoms with Crippen molar-refractivity contribution in [1.29, 1.82) is 0 Å². The molecule has 152 valence electrons. The van der Waals surface area contributed by atoms with E-state index >= 15 is 0 Å². The highest BCUT2D eigenvalue weighted by Crippen LogP contribution is 2.14. The number of carbonyl (C=O) groups excluding carboxylic acids is 1. The van der Waals surface area contributed by atoms with Crippen molar-refractivity contribution in [2.45, 2.75) is 38.9 Å². The number of nitrogens with one attached hydrogen (secondary N) is 2. The minimum atomic E-state index is 0. The summed E-state index contributed by atoms with van der Waals surface area (Å²) in [5, 5.41) is 10.8. The van der Waals surface area contributed by atoms with E-state index in [2.05, 4.69) is 45.0 Å². The largest absolute Gasteiger partial charge is 0.356 e. The maximum Gasteiger partial charge on any atom is 0.222 e. The Bertz CT molecular complexity index is 745. The van der Waals surface area contributed by atoms with Crippen molar-refractivity contribution in [3.63, 3.8) is 0 Å². The molecule has 28 heavy (non-hydrogen) atoms. The molecule has 1 saturated heterocycles. The fourth-order valence-corrected chi connectivity index (χ4v) is 3.14. The van der Waals surface area contributed by atoms with Crippen molar-refractivity contribution >= 4 is 35.8 Å². The molecule has 8 heteroatoms. The van der Waals surface area contributed by atoms with Crippen LogP contribution in [0.4, 0.5) is 0 Å². The molecule has 0 aliphatic carbocycles. The second-order valence-corrected chi connectivity index (χ2v) is 6.71. The topological polar surface area (TPSA) is 74.6 Å². The van der Waals surface area contributed by atoms with Gasteiger partial charge in [-0.2, -0.15) is 5.10 Å². The molecule has 1 aromatic heterocycles. The van der Waals surface area contributed by atoms with E-state index in [9.17, 15) is 4.79 Å². The standard InChI is InChI=1S/C20H28N6O.HI/c1-21-20(22-10-3-13-26-14-4-11-24-26)23-15-17-6-8-18(9-7-17)16-25-12-2-5-19(25)27;/h4,6-9,11,14H,2-3,5,10,12-13,15-16H2,1H3,(H2,21,22,23);1H. The first kappa shape index (κ1) is 22.2. The van der Waals surface area contributed by atoms with Crippen LogP contribution in [0.15, 0.2) is 47.7 Å². The molecular weight excluding hydrogens is 467 g/mol. The van der Waals surface area contributed by atoms with Crippen molar-refractivity contribution in [2.24, 2.45) is 4.99 Å². The van der Waals surface area contributed by atoms with Gasteiger partial charge in [0.25, 0.3) is 0 Å². The van der Waals surface area contributed by atoms with Crippen LogP contribution in [0.3, 0.4) is 0 Å². The number of rotatable bonds is 8. The van der Waals surface area contributed by atoms with E-state index in [0.717, 1.165) is 38.4 Å². The van der Waals surface area contributed by atoms with Crippen molar-refractivity contribution in [1.82, 2.24) is 25.3 Å². The third-order valence-corrected chi connectivity index (χ3v) is 4.67. The Hall–Kier alpha value is -2.10. The highest BCUT2D eigenvalue weighted by molar-refractivity contribution is 14.0. The van der Waals surface area contributed by atoms with Gasteiger partial charge in [0, 0.05) is 58.6 Å². The molecule has 1 aliphatic rings. The summed E-state index contributed by atoms with van der Waals surface area (Å²) in [6.07, 6.45) is 6.41. The number of aryl methyl sites for hydroxylation is 1. The molecule has 2 heterocycles. The zero-order valence-corrected chi connectivity index (χ0v) is 18.6. The fourth-order valence-electron chi connectivity index (χ4n) is 3.14. The SMILES string of the molecule is CN=C(NCCCn1cccn1)NCc1ccc(CN2CCCC2=O)cc1.I. The molecule has 0 radical (unpaired) electrons. The van der Waals surface area contributed by atoms with Crippen LogP contribution in [-0.2, 0) is 24.4 Å². The normalized spacial score (nSPS) is 14.1. The molecule has 2 aromatic rings. The van der Waals surface area contributed by atoms with Gasteiger partial charge in [-0.3, -0.25) is 14.5 Å². The molecule has 1 amide bonds. The van der Waals surface area contributed by atoms with Gasteiger partial charge in [-0.05, 0) is 30.0 Å². The van der Waals surface area contributed by atoms with E-state index in [1.807, 2.05) is 21.8 Å². The Morgan fingerprint density at radius 3 is 2.64 bits per heavy atom. The molecule has 2 N–H and O–H groups in total. The van der Waals surface area contributed by atoms with Gasteiger partial charge in [-0.1, -0.05) is 24.3 Å². The molecule has 0 unspecified atom stereocenters. The summed E-state index contributed by atoms with van der Waals surface area (Å²) >= 11 is 0. The quantitative estimate of drug-likeness (QED) is 0.255. The lowest BCUT2D eigenvalue weighted by molar-refractivity contribution is -0.128. The van der Waals surface area contributed by atoms with Crippen molar-refractivity contribution < 1.29 is 4.79 Å². The van der Waals surface area contributed by atoms with Crippen LogP contribution in [0.2, 0.25) is 0 Å². The van der Waals surface area contributed by atoms with Crippen LogP contribution >= 0.6 is 24.0 Å². The number of amides is 1. The summed E-state index contributed by atoms with van der Waals surface area (Å²) in [6.45, 7) is 4.03. The summed E-state index contributed by atoms with van der Waals surface area (Å²) in [7, 11) is 1.78. The first-order valence-corrected chi connectivity index (χ1v) is 9.52. The van der Waals surface area contributed by atoms with E-state index in [4.69, 9.17) is 0 Å². The Labute approximate surface area is 183 Å². The van der Waals surface area contributed by atoms with Gasteiger partial charge in [0.2, 0.25) is 5.91 Å². The summed E-state index contributed by atoms with van der Waals surface area (Å²) in [5.41, 5.74) is 2.36. The Morgan fingerprint density at radius 2 is 2.00 bits per heavy atom. The first-order chi connectivity index (χ1) is 13.2. The molecule has 1 fully saturated rings. The van der Waals surface area contributed by atoms with Crippen LogP contribution in [0.25, 0.3) is 0 Å². The number of hydrogen-bond donors (Lipinski definition) is 2. The van der Waals surface area contributed by atoms with Crippen molar-refractivity contribution in [2.75, 3.05) is 20.1 Å². The number of carbonyl (C=O) groups is 1. The molecule has 1 aromatic carbocycles. The number of benzene rings is 1. The number of hydrogen-bond acceptors (Lipinski definition) is 3. The van der Waals surface area contributed by atoms with Gasteiger partial charge >= 0.3 is 0 Å². The zero-order chi connectivity index (χ0) is 18.9. The Balaban J connectivity index is 0.00000280. The average molecular weight is 496 g/mol. The number of nitrogens with zero attached hydrogens (tertiary/aromatic N) is 4. The van der Waals surface area contributed by atoms with Gasteiger partial charge in [0.05, 0.1) is 0 Å². The lowest BCUT2D eigenvalue weighted by Crippen LogP contribution is -2.37. The van der Waals surface area contributed by atoms with Crippen LogP contribution < -0.4 is 10.6 Å². The van der Waals surface area contributed by atoms with E-state index in [-0.39, 0.29) is 29.9 Å². The summed E-state index contributed by atoms with van der Waals surface area (Å²) < 4.78 is 1.93. The molecule has 0 saturated carbocycles. The number of aromatic nitrogens is 2. The number of guanidine groups is 1. The van der Waals surface area contributed by atoms with Gasteiger partial charge in [0.15, 0.2) is 5.96 Å². The fraction of sp³-hybridized carbons (Fsp3) is 0.450. The lowest BCUT2D eigenvalue weighted by Gasteiger charge is -2.16. The van der Waals surface area contributed by atoms with Gasteiger partial charge < -0.3 is 15.5 Å². The third-order valence-electron chi connectivity index (χ3n) is 4.67. The van der Waals surface area contributed by atoms with E-state index < -0.39 is 0 Å². The average Bonchev–Trinajstić information content (AvgIpc) is 3.35. The van der Waals surface area contributed by atoms with E-state index in [0.29, 0.717) is 19.5 Å². The molecule has 7 nitrogen and oxygen atoms in total. The summed E-state index contributed by atoms with van der Waals surface area (Å²) in [5.74, 6) is 1.06. The predicted octanol–water partition coefficient (Wildman–Crippen LogP) is 2.38. The van der Waals surface area contributed by atoms with E-state index in [1.54, 1.807) is 13.2 Å². The number of halogens is 1. The third kappa shape index (κ3) is 6.81. The Morgan fingerprint density at radius 1 is 1.21 bits per heavy atom. The van der Waals surface area contributed by atoms with Crippen LogP contribution in [0, 0.1) is 0 Å². The number of likely N-dealkylation sites (tertiary alicyclic amines) is 1. The Kier molecular flexibility index (Phi) is 9.26. The van der Waals surface area contributed by atoms with Crippen molar-refractivity contribution in [3.05, 3.63) is 53.9 Å². The molecule has 0 atom stereocenters. The van der Waals surface area contributed by atoms with Crippen LogP contribution in [0.5, 0.6) is 0 Å². The van der Waals surface area contributed by atoms with Gasteiger partial charge in [-0.15, -0.1) is 24.0 Å². The lowest BCUT2D eigenvalue weighted by atomic mass is 10.1. The molecule has 1 aliphatic heterocycles. The smallest absolute Gasteiger partial charge is 0.222 e. The number of aliphatic imine (C=N–C) groups is 1. The summed E-state index contributed by atoms with van der Waals surface area (Å²) in [4.78, 5) is 17.9. The maximum absolute atomic E-state index is 11.7. The maximum atomic E-state index is 11.7. The summed E-state index contributed by atoms with van der Waals surface area (Å²) in [6, 6.07) is 10.3. The first-order valence-electron chi connectivity index (χ1n) is 9.52. The van der Waals surface area contributed by atoms with Gasteiger partial charge in [-0.25, -0.2) is 0 Å². The minimum absolute atomic E-state index is 0. The zero-order valence-electron chi connectivity index (χ0n) is 16.3. The highest BCUT2D eigenvalue weighted by Gasteiger charge is 2.19. The van der Waals surface area contributed by atoms with Crippen LogP contribution in [-0.4, -0.2) is 46.7 Å². The van der Waals surface area contributed by atoms with Crippen molar-refractivity contribution in [3.8, 4) is 0 Å². The van der Waals surface area contributed by atoms with E-state index in [1.165, 1.54) is 11.1 Å². The minimum Gasteiger partial charge on any atom is -0.356 e. The molecule has 0 bridgehead atoms. The van der Waals surface area contributed by atoms with Crippen LogP contribution in [0.1, 0.15) is 30.4 Å². The van der Waals surface area contributed by atoms with Gasteiger partial charge in [0.1, 0.15) is 0 Å². The molecule has 0 spiro atoms. The monoisotopic (exact) mass is 496 g/mol.